The van der Waals surface area contributed by atoms with E-state index in [1.54, 1.807) is 23.9 Å². The molecule has 2 heterocycles. The molecule has 0 aliphatic heterocycles. The summed E-state index contributed by atoms with van der Waals surface area (Å²) in [4.78, 5) is 12.8. The summed E-state index contributed by atoms with van der Waals surface area (Å²) in [6.07, 6.45) is 3.59. The maximum Gasteiger partial charge on any atom is 0.278 e. The fourth-order valence-corrected chi connectivity index (χ4v) is 3.30. The first-order valence-corrected chi connectivity index (χ1v) is 10.2. The second-order valence-electron chi connectivity index (χ2n) is 6.82. The van der Waals surface area contributed by atoms with Gasteiger partial charge in [0.25, 0.3) is 5.91 Å². The third kappa shape index (κ3) is 5.18. The number of ether oxygens (including phenoxy) is 1. The third-order valence-corrected chi connectivity index (χ3v) is 4.94. The Bertz CT molecular complexity index is 1200. The molecule has 0 bridgehead atoms. The Morgan fingerprint density at radius 1 is 1.26 bits per heavy atom. The van der Waals surface area contributed by atoms with Crippen molar-refractivity contribution >= 4 is 27.5 Å². The molecule has 31 heavy (non-hydrogen) atoms. The fraction of sp³-hybridized carbons (Fsp3) is 0.136. The molecular formula is C22H18BrFN4O3. The van der Waals surface area contributed by atoms with Crippen LogP contribution in [0.25, 0.3) is 0 Å². The van der Waals surface area contributed by atoms with Crippen LogP contribution >= 0.6 is 15.9 Å². The van der Waals surface area contributed by atoms with Crippen molar-refractivity contribution in [2.45, 2.75) is 20.1 Å². The van der Waals surface area contributed by atoms with Gasteiger partial charge in [-0.2, -0.15) is 5.10 Å². The molecule has 0 saturated heterocycles. The van der Waals surface area contributed by atoms with Gasteiger partial charge in [0.05, 0.1) is 22.8 Å². The second-order valence-corrected chi connectivity index (χ2v) is 7.73. The molecule has 0 aliphatic carbocycles. The summed E-state index contributed by atoms with van der Waals surface area (Å²) < 4.78 is 26.6. The summed E-state index contributed by atoms with van der Waals surface area (Å²) in [5.41, 5.74) is 2.27. The molecule has 0 spiro atoms. The molecule has 2 aromatic carbocycles. The normalized spacial score (nSPS) is 10.8. The van der Waals surface area contributed by atoms with Crippen LogP contribution in [0.3, 0.4) is 0 Å². The van der Waals surface area contributed by atoms with Gasteiger partial charge in [-0.05, 0) is 64.8 Å². The quantitative estimate of drug-likeness (QED) is 0.400. The van der Waals surface area contributed by atoms with Crippen LogP contribution < -0.4 is 10.1 Å². The van der Waals surface area contributed by atoms with Gasteiger partial charge in [0, 0.05) is 11.9 Å². The molecule has 9 heteroatoms. The summed E-state index contributed by atoms with van der Waals surface area (Å²) in [6.45, 7) is 2.34. The van der Waals surface area contributed by atoms with E-state index in [2.05, 4.69) is 31.5 Å². The Hall–Kier alpha value is -3.46. The third-order valence-electron chi connectivity index (χ3n) is 4.53. The van der Waals surface area contributed by atoms with Crippen LogP contribution in [-0.2, 0) is 13.2 Å². The zero-order chi connectivity index (χ0) is 21.8. The van der Waals surface area contributed by atoms with Crippen LogP contribution in [0.15, 0.2) is 69.9 Å². The summed E-state index contributed by atoms with van der Waals surface area (Å²) in [5.74, 6) is 0.195. The van der Waals surface area contributed by atoms with Crippen molar-refractivity contribution in [1.82, 2.24) is 14.9 Å². The summed E-state index contributed by atoms with van der Waals surface area (Å²) >= 11 is 3.37. The molecule has 0 fully saturated rings. The first-order chi connectivity index (χ1) is 15.0. The molecule has 0 radical (unpaired) electrons. The van der Waals surface area contributed by atoms with E-state index in [0.717, 1.165) is 10.0 Å². The number of benzene rings is 2. The van der Waals surface area contributed by atoms with Crippen LogP contribution in [0.2, 0.25) is 0 Å². The van der Waals surface area contributed by atoms with Crippen LogP contribution in [0.5, 0.6) is 5.75 Å². The van der Waals surface area contributed by atoms with Gasteiger partial charge in [-0.1, -0.05) is 17.3 Å². The number of nitrogens with one attached hydrogen (secondary N) is 1. The summed E-state index contributed by atoms with van der Waals surface area (Å²) in [6, 6.07) is 13.1. The highest BCUT2D eigenvalue weighted by molar-refractivity contribution is 9.10. The molecule has 0 aliphatic rings. The van der Waals surface area contributed by atoms with E-state index >= 15 is 0 Å². The molecule has 2 aromatic heterocycles. The monoisotopic (exact) mass is 484 g/mol. The molecule has 158 valence electrons. The number of carbonyl (C=O) groups is 1. The Morgan fingerprint density at radius 3 is 2.81 bits per heavy atom. The lowest BCUT2D eigenvalue weighted by molar-refractivity contribution is 0.101. The van der Waals surface area contributed by atoms with Gasteiger partial charge in [0.15, 0.2) is 5.69 Å². The first kappa shape index (κ1) is 20.8. The average Bonchev–Trinajstić information content (AvgIpc) is 3.33. The van der Waals surface area contributed by atoms with Gasteiger partial charge in [-0.3, -0.25) is 9.48 Å². The van der Waals surface area contributed by atoms with Gasteiger partial charge >= 0.3 is 0 Å². The van der Waals surface area contributed by atoms with Crippen LogP contribution in [0.4, 0.5) is 10.1 Å². The molecule has 4 aromatic rings. The predicted octanol–water partition coefficient (Wildman–Crippen LogP) is 4.96. The number of amides is 1. The molecule has 0 unspecified atom stereocenters. The van der Waals surface area contributed by atoms with Crippen molar-refractivity contribution in [2.24, 2.45) is 0 Å². The lowest BCUT2D eigenvalue weighted by atomic mass is 10.1. The van der Waals surface area contributed by atoms with Crippen molar-refractivity contribution in [3.05, 3.63) is 93.8 Å². The zero-order valence-electron chi connectivity index (χ0n) is 16.5. The number of aromatic nitrogens is 3. The SMILES string of the molecule is Cc1onc(C(=O)Nc2cccc(Cn3cc(Br)cn3)c2)c1COc1ccc(F)cc1. The molecule has 0 saturated carbocycles. The second kappa shape index (κ2) is 9.13. The fourth-order valence-electron chi connectivity index (χ4n) is 2.98. The number of aryl methyl sites for hydroxylation is 1. The molecule has 4 rings (SSSR count). The molecule has 1 N–H and O–H groups in total. The van der Waals surface area contributed by atoms with Gasteiger partial charge < -0.3 is 14.6 Å². The number of carbonyl (C=O) groups excluding carboxylic acids is 1. The lowest BCUT2D eigenvalue weighted by Gasteiger charge is -2.09. The van der Waals surface area contributed by atoms with Gasteiger partial charge in [0.1, 0.15) is 23.9 Å². The number of hydrogen-bond donors (Lipinski definition) is 1. The standard InChI is InChI=1S/C22H18BrFN4O3/c1-14-20(13-30-19-7-5-17(24)6-8-19)21(27-31-14)22(29)26-18-4-2-3-15(9-18)11-28-12-16(23)10-25-28/h2-10,12H,11,13H2,1H3,(H,26,29). The highest BCUT2D eigenvalue weighted by atomic mass is 79.9. The van der Waals surface area contributed by atoms with Crippen LogP contribution in [0, 0.1) is 12.7 Å². The Morgan fingerprint density at radius 2 is 2.06 bits per heavy atom. The molecular weight excluding hydrogens is 467 g/mol. The zero-order valence-corrected chi connectivity index (χ0v) is 18.1. The van der Waals surface area contributed by atoms with Crippen LogP contribution in [0.1, 0.15) is 27.4 Å². The van der Waals surface area contributed by atoms with Crippen molar-refractivity contribution in [3.8, 4) is 5.75 Å². The highest BCUT2D eigenvalue weighted by Crippen LogP contribution is 2.20. The van der Waals surface area contributed by atoms with Crippen molar-refractivity contribution < 1.29 is 18.4 Å². The Balaban J connectivity index is 1.45. The van der Waals surface area contributed by atoms with Gasteiger partial charge in [0.2, 0.25) is 0 Å². The maximum atomic E-state index is 13.1. The summed E-state index contributed by atoms with van der Waals surface area (Å²) in [7, 11) is 0. The van der Waals surface area contributed by atoms with E-state index in [1.807, 2.05) is 24.4 Å². The minimum absolute atomic E-state index is 0.0674. The van der Waals surface area contributed by atoms with E-state index in [1.165, 1.54) is 24.3 Å². The number of nitrogens with zero attached hydrogens (tertiary/aromatic N) is 3. The maximum absolute atomic E-state index is 13.1. The summed E-state index contributed by atoms with van der Waals surface area (Å²) in [5, 5.41) is 11.0. The van der Waals surface area contributed by atoms with Gasteiger partial charge in [-0.15, -0.1) is 0 Å². The number of hydrogen-bond acceptors (Lipinski definition) is 5. The predicted molar refractivity (Wildman–Crippen MR) is 115 cm³/mol. The number of rotatable bonds is 7. The smallest absolute Gasteiger partial charge is 0.278 e. The Labute approximate surface area is 185 Å². The largest absolute Gasteiger partial charge is 0.489 e. The van der Waals surface area contributed by atoms with E-state index in [0.29, 0.717) is 29.3 Å². The topological polar surface area (TPSA) is 82.2 Å². The van der Waals surface area contributed by atoms with Crippen molar-refractivity contribution in [1.29, 1.82) is 0 Å². The average molecular weight is 485 g/mol. The molecule has 7 nitrogen and oxygen atoms in total. The minimum Gasteiger partial charge on any atom is -0.489 e. The van der Waals surface area contributed by atoms with E-state index in [-0.39, 0.29) is 18.1 Å². The van der Waals surface area contributed by atoms with E-state index in [4.69, 9.17) is 9.26 Å². The van der Waals surface area contributed by atoms with Gasteiger partial charge in [-0.25, -0.2) is 4.39 Å². The Kier molecular flexibility index (Phi) is 6.13. The lowest BCUT2D eigenvalue weighted by Crippen LogP contribution is -2.15. The first-order valence-electron chi connectivity index (χ1n) is 9.40. The number of anilines is 1. The molecule has 0 atom stereocenters. The van der Waals surface area contributed by atoms with Crippen molar-refractivity contribution in [2.75, 3.05) is 5.32 Å². The van der Waals surface area contributed by atoms with E-state index < -0.39 is 5.91 Å². The minimum atomic E-state index is -0.409. The number of halogens is 2. The van der Waals surface area contributed by atoms with Crippen LogP contribution in [-0.4, -0.2) is 20.8 Å². The van der Waals surface area contributed by atoms with E-state index in [9.17, 15) is 9.18 Å². The molecule has 1 amide bonds. The highest BCUT2D eigenvalue weighted by Gasteiger charge is 2.20. The van der Waals surface area contributed by atoms with Crippen molar-refractivity contribution in [3.63, 3.8) is 0 Å².